The van der Waals surface area contributed by atoms with Gasteiger partial charge in [0, 0.05) is 18.9 Å². The number of fused-ring (bicyclic) bond motifs is 1. The summed E-state index contributed by atoms with van der Waals surface area (Å²) in [4.78, 5) is 18.9. The third kappa shape index (κ3) is 5.18. The second-order valence-electron chi connectivity index (χ2n) is 7.93. The Morgan fingerprint density at radius 1 is 1.24 bits per heavy atom. The van der Waals surface area contributed by atoms with Crippen molar-refractivity contribution in [3.8, 4) is 0 Å². The number of furan rings is 1. The smallest absolute Gasteiger partial charge is 0.449 e. The highest BCUT2D eigenvalue weighted by atomic mass is 32.1. The number of amides is 1. The Hall–Kier alpha value is -2.95. The molecule has 0 unspecified atom stereocenters. The van der Waals surface area contributed by atoms with Crippen LogP contribution < -0.4 is 10.2 Å². The van der Waals surface area contributed by atoms with Crippen LogP contribution in [-0.2, 0) is 30.4 Å². The van der Waals surface area contributed by atoms with Crippen LogP contribution >= 0.6 is 13.5 Å². The van der Waals surface area contributed by atoms with Gasteiger partial charge in [0.05, 0.1) is 29.8 Å². The van der Waals surface area contributed by atoms with Gasteiger partial charge in [-0.15, -0.1) is 0 Å². The monoisotopic (exact) mass is 481 g/mol. The van der Waals surface area contributed by atoms with Crippen molar-refractivity contribution in [3.63, 3.8) is 0 Å². The number of hydrogen-bond acceptors (Lipinski definition) is 5. The molecule has 0 aromatic carbocycles. The Morgan fingerprint density at radius 2 is 2.00 bits per heavy atom. The molecular weight excluding hydrogens is 455 g/mol. The van der Waals surface area contributed by atoms with E-state index in [1.54, 1.807) is 17.1 Å². The number of pyridine rings is 1. The Labute approximate surface area is 196 Å². The number of alkyl halides is 3. The summed E-state index contributed by atoms with van der Waals surface area (Å²) in [7, 11) is 1.91. The molecule has 3 aromatic heterocycles. The van der Waals surface area contributed by atoms with E-state index >= 15 is 0 Å². The molecule has 3 aromatic rings. The molecule has 1 aliphatic heterocycles. The van der Waals surface area contributed by atoms with Crippen molar-refractivity contribution < 1.29 is 22.4 Å². The van der Waals surface area contributed by atoms with Gasteiger partial charge < -0.3 is 14.6 Å². The molecule has 0 bridgehead atoms. The van der Waals surface area contributed by atoms with Gasteiger partial charge in [-0.25, -0.2) is 0 Å². The Bertz CT molecular complexity index is 1140. The topological polar surface area (TPSA) is 76.2 Å². The molecule has 178 valence electrons. The highest BCUT2D eigenvalue weighted by Gasteiger charge is 2.34. The van der Waals surface area contributed by atoms with Crippen LogP contribution in [-0.4, -0.2) is 33.8 Å². The molecule has 7 nitrogen and oxygen atoms in total. The molecule has 0 spiro atoms. The van der Waals surface area contributed by atoms with E-state index in [0.717, 1.165) is 34.4 Å². The summed E-state index contributed by atoms with van der Waals surface area (Å²) >= 11 is 0. The number of rotatable bonds is 6. The molecule has 0 aliphatic carbocycles. The van der Waals surface area contributed by atoms with Crippen LogP contribution in [0.5, 0.6) is 0 Å². The van der Waals surface area contributed by atoms with Crippen LogP contribution in [0.25, 0.3) is 0 Å². The van der Waals surface area contributed by atoms with E-state index in [1.807, 2.05) is 31.9 Å². The van der Waals surface area contributed by atoms with Crippen molar-refractivity contribution in [2.75, 3.05) is 17.3 Å². The fourth-order valence-electron chi connectivity index (χ4n) is 3.96. The van der Waals surface area contributed by atoms with E-state index in [2.05, 4.69) is 15.4 Å². The average molecular weight is 482 g/mol. The lowest BCUT2D eigenvalue weighted by Gasteiger charge is -2.35. The number of carbonyl (C=O) groups is 1. The summed E-state index contributed by atoms with van der Waals surface area (Å²) in [5.74, 6) is -0.846. The molecule has 1 amide bonds. The molecule has 1 atom stereocenters. The van der Waals surface area contributed by atoms with Gasteiger partial charge >= 0.3 is 6.18 Å². The maximum Gasteiger partial charge on any atom is 0.449 e. The SMILES string of the molecule is CC[C@H]1C(=O)Nc2c(cc(CCc3cnn(Cc4ccc(C(F)(F)F)o4)c3)nc2C)N1C.S. The van der Waals surface area contributed by atoms with Crippen LogP contribution in [0.3, 0.4) is 0 Å². The van der Waals surface area contributed by atoms with Gasteiger partial charge in [0.15, 0.2) is 0 Å². The molecule has 33 heavy (non-hydrogen) atoms. The minimum Gasteiger partial charge on any atom is -0.455 e. The van der Waals surface area contributed by atoms with Crippen molar-refractivity contribution in [1.82, 2.24) is 14.8 Å². The summed E-state index contributed by atoms with van der Waals surface area (Å²) < 4.78 is 44.4. The minimum atomic E-state index is -4.50. The predicted octanol–water partition coefficient (Wildman–Crippen LogP) is 4.31. The van der Waals surface area contributed by atoms with Gasteiger partial charge in [-0.2, -0.15) is 31.8 Å². The first-order valence-corrected chi connectivity index (χ1v) is 10.4. The summed E-state index contributed by atoms with van der Waals surface area (Å²) in [6, 6.07) is 4.01. The number of nitrogens with one attached hydrogen (secondary N) is 1. The molecule has 11 heteroatoms. The number of anilines is 2. The van der Waals surface area contributed by atoms with Gasteiger partial charge in [0.2, 0.25) is 11.7 Å². The largest absolute Gasteiger partial charge is 0.455 e. The molecule has 1 N–H and O–H groups in total. The molecule has 0 radical (unpaired) electrons. The third-order valence-electron chi connectivity index (χ3n) is 5.63. The fraction of sp³-hybridized carbons (Fsp3) is 0.409. The van der Waals surface area contributed by atoms with E-state index in [-0.39, 0.29) is 37.7 Å². The van der Waals surface area contributed by atoms with Crippen LogP contribution in [0.4, 0.5) is 24.5 Å². The number of likely N-dealkylation sites (N-methyl/N-ethyl adjacent to an activating group) is 1. The number of hydrogen-bond donors (Lipinski definition) is 1. The van der Waals surface area contributed by atoms with Gasteiger partial charge in [0.1, 0.15) is 11.8 Å². The van der Waals surface area contributed by atoms with Crippen molar-refractivity contribution in [2.45, 2.75) is 51.9 Å². The quantitative estimate of drug-likeness (QED) is 0.568. The number of aromatic nitrogens is 3. The zero-order chi connectivity index (χ0) is 23.0. The standard InChI is InChI=1S/C22H24F3N5O2.H2S/c1-4-17-21(31)28-20-13(2)27-15(9-18(20)29(17)3)6-5-14-10-26-30(11-14)12-16-7-8-19(32-16)22(23,24)25;/h7-11,17H,4-6,12H2,1-3H3,(H,28,31);1H2/t17-;/m0./s1. The van der Waals surface area contributed by atoms with Crippen molar-refractivity contribution >= 4 is 30.8 Å². The van der Waals surface area contributed by atoms with Crippen LogP contribution in [0.1, 0.15) is 41.8 Å². The van der Waals surface area contributed by atoms with E-state index in [0.29, 0.717) is 19.3 Å². The lowest BCUT2D eigenvalue weighted by molar-refractivity contribution is -0.153. The van der Waals surface area contributed by atoms with Gasteiger partial charge in [-0.1, -0.05) is 6.92 Å². The molecule has 0 saturated carbocycles. The van der Waals surface area contributed by atoms with E-state index in [9.17, 15) is 18.0 Å². The zero-order valence-electron chi connectivity index (χ0n) is 18.5. The highest BCUT2D eigenvalue weighted by molar-refractivity contribution is 7.59. The second-order valence-corrected chi connectivity index (χ2v) is 7.93. The lowest BCUT2D eigenvalue weighted by Crippen LogP contribution is -2.46. The van der Waals surface area contributed by atoms with E-state index in [1.165, 1.54) is 6.07 Å². The molecule has 0 saturated heterocycles. The predicted molar refractivity (Wildman–Crippen MR) is 123 cm³/mol. The first-order chi connectivity index (χ1) is 15.2. The second kappa shape index (κ2) is 9.50. The lowest BCUT2D eigenvalue weighted by atomic mass is 10.0. The maximum atomic E-state index is 12.7. The number of halogens is 3. The van der Waals surface area contributed by atoms with Gasteiger partial charge in [0.25, 0.3) is 0 Å². The summed E-state index contributed by atoms with van der Waals surface area (Å²) in [6.45, 7) is 3.97. The summed E-state index contributed by atoms with van der Waals surface area (Å²) in [5, 5.41) is 7.19. The first kappa shape index (κ1) is 24.7. The first-order valence-electron chi connectivity index (χ1n) is 10.4. The van der Waals surface area contributed by atoms with Crippen LogP contribution in [0, 0.1) is 6.92 Å². The van der Waals surface area contributed by atoms with Crippen LogP contribution in [0.2, 0.25) is 0 Å². The number of carbonyl (C=O) groups excluding carboxylic acids is 1. The van der Waals surface area contributed by atoms with E-state index < -0.39 is 11.9 Å². The molecular formula is C22H26F3N5O2S. The van der Waals surface area contributed by atoms with Gasteiger partial charge in [-0.05, 0) is 49.9 Å². The van der Waals surface area contributed by atoms with Crippen LogP contribution in [0.15, 0.2) is 35.0 Å². The minimum absolute atomic E-state index is 0. The molecule has 4 heterocycles. The normalized spacial score (nSPS) is 15.8. The zero-order valence-corrected chi connectivity index (χ0v) is 19.5. The fourth-order valence-corrected chi connectivity index (χ4v) is 3.96. The third-order valence-corrected chi connectivity index (χ3v) is 5.63. The van der Waals surface area contributed by atoms with Crippen molar-refractivity contribution in [2.24, 2.45) is 0 Å². The van der Waals surface area contributed by atoms with Gasteiger partial charge in [-0.3, -0.25) is 14.5 Å². The Balaban J connectivity index is 0.00000306. The summed E-state index contributed by atoms with van der Waals surface area (Å²) in [5.41, 5.74) is 4.30. The van der Waals surface area contributed by atoms with Crippen molar-refractivity contribution in [1.29, 1.82) is 0 Å². The average Bonchev–Trinajstić information content (AvgIpc) is 3.37. The summed E-state index contributed by atoms with van der Waals surface area (Å²) in [6.07, 6.45) is 1.03. The molecule has 1 aliphatic rings. The highest BCUT2D eigenvalue weighted by Crippen LogP contribution is 2.35. The van der Waals surface area contributed by atoms with Crippen molar-refractivity contribution in [3.05, 3.63) is 59.1 Å². The number of nitrogens with zero attached hydrogens (tertiary/aromatic N) is 4. The maximum absolute atomic E-state index is 12.7. The molecule has 4 rings (SSSR count). The molecule has 0 fully saturated rings. The van der Waals surface area contributed by atoms with E-state index in [4.69, 9.17) is 4.42 Å². The Kier molecular flexibility index (Phi) is 7.11. The number of aryl methyl sites for hydroxylation is 3. The Morgan fingerprint density at radius 3 is 2.67 bits per heavy atom.